The smallest absolute Gasteiger partial charge is 0.322 e. The second-order valence-corrected chi connectivity index (χ2v) is 10.2. The van der Waals surface area contributed by atoms with Crippen LogP contribution in [0.15, 0.2) is 47.7 Å². The molecule has 1 aliphatic heterocycles. The predicted molar refractivity (Wildman–Crippen MR) is 133 cm³/mol. The Morgan fingerprint density at radius 3 is 2.51 bits per heavy atom. The fourth-order valence-corrected chi connectivity index (χ4v) is 4.64. The van der Waals surface area contributed by atoms with Crippen molar-refractivity contribution in [2.75, 3.05) is 18.4 Å². The maximum Gasteiger partial charge on any atom is 0.406 e. The van der Waals surface area contributed by atoms with Crippen LogP contribution in [-0.4, -0.2) is 49.4 Å². The quantitative estimate of drug-likeness (QED) is 0.491. The molecule has 198 valence electrons. The first-order valence-electron chi connectivity index (χ1n) is 12.2. The van der Waals surface area contributed by atoms with Gasteiger partial charge in [0, 0.05) is 31.9 Å². The highest BCUT2D eigenvalue weighted by Crippen LogP contribution is 2.29. The minimum absolute atomic E-state index is 0.315. The van der Waals surface area contributed by atoms with Gasteiger partial charge in [0.2, 0.25) is 0 Å². The van der Waals surface area contributed by atoms with Crippen molar-refractivity contribution in [1.82, 2.24) is 24.2 Å². The lowest BCUT2D eigenvalue weighted by Crippen LogP contribution is -2.34. The number of rotatable bonds is 8. The molecule has 0 bridgehead atoms. The molecule has 4 rings (SSSR count). The van der Waals surface area contributed by atoms with Gasteiger partial charge in [-0.3, -0.25) is 14.5 Å². The number of nitrogens with zero attached hydrogens (tertiary/aromatic N) is 5. The first-order chi connectivity index (χ1) is 17.4. The van der Waals surface area contributed by atoms with E-state index in [-0.39, 0.29) is 11.0 Å². The van der Waals surface area contributed by atoms with Crippen LogP contribution < -0.4 is 10.9 Å². The Morgan fingerprint density at radius 1 is 1.14 bits per heavy atom. The van der Waals surface area contributed by atoms with Crippen molar-refractivity contribution in [3.8, 4) is 0 Å². The van der Waals surface area contributed by atoms with Crippen molar-refractivity contribution >= 4 is 11.6 Å². The lowest BCUT2D eigenvalue weighted by molar-refractivity contribution is -0.141. The van der Waals surface area contributed by atoms with E-state index < -0.39 is 24.2 Å². The van der Waals surface area contributed by atoms with Crippen molar-refractivity contribution in [3.63, 3.8) is 0 Å². The van der Waals surface area contributed by atoms with E-state index in [0.29, 0.717) is 28.8 Å². The molecule has 1 saturated heterocycles. The number of alkyl halides is 3. The zero-order chi connectivity index (χ0) is 26.8. The predicted octanol–water partition coefficient (Wildman–Crippen LogP) is 3.91. The molecule has 1 N–H and O–H groups in total. The number of halogens is 3. The van der Waals surface area contributed by atoms with E-state index in [9.17, 15) is 22.8 Å². The third-order valence-electron chi connectivity index (χ3n) is 6.65. The molecule has 3 heterocycles. The molecule has 0 radical (unpaired) electrons. The van der Waals surface area contributed by atoms with Crippen LogP contribution in [0.25, 0.3) is 0 Å². The molecule has 8 nitrogen and oxygen atoms in total. The number of amides is 1. The molecule has 11 heteroatoms. The summed E-state index contributed by atoms with van der Waals surface area (Å²) in [5.74, 6) is 0.0620. The van der Waals surface area contributed by atoms with Crippen LogP contribution >= 0.6 is 0 Å². The molecular weight excluding hydrogens is 485 g/mol. The molecule has 2 aromatic heterocycles. The van der Waals surface area contributed by atoms with Crippen LogP contribution in [0.3, 0.4) is 0 Å². The molecule has 1 fully saturated rings. The molecule has 0 aliphatic carbocycles. The Bertz CT molecular complexity index is 1320. The SMILES string of the molecule is Cn1cnnc1CC(C)(C)c1cccc(NC(=O)c2cc(CN3CCCC3)cn(CC(F)(F)F)c2=O)c1. The molecular formula is C26H31F3N6O2. The van der Waals surface area contributed by atoms with Crippen LogP contribution in [0, 0.1) is 0 Å². The van der Waals surface area contributed by atoms with Crippen LogP contribution in [0.2, 0.25) is 0 Å². The van der Waals surface area contributed by atoms with E-state index in [1.54, 1.807) is 24.5 Å². The monoisotopic (exact) mass is 516 g/mol. The van der Waals surface area contributed by atoms with Crippen LogP contribution in [0.4, 0.5) is 18.9 Å². The van der Waals surface area contributed by atoms with Gasteiger partial charge in [-0.1, -0.05) is 26.0 Å². The Kier molecular flexibility index (Phi) is 7.54. The van der Waals surface area contributed by atoms with Crippen molar-refractivity contribution in [2.45, 2.75) is 57.8 Å². The number of hydrogen-bond donors (Lipinski definition) is 1. The molecule has 37 heavy (non-hydrogen) atoms. The average Bonchev–Trinajstić information content (AvgIpc) is 3.46. The van der Waals surface area contributed by atoms with Gasteiger partial charge in [-0.05, 0) is 60.7 Å². The second kappa shape index (κ2) is 10.5. The number of aryl methyl sites for hydroxylation is 1. The standard InChI is InChI=1S/C26H31F3N6O2/c1-25(2,13-22-32-30-17-33(22)3)19-7-6-8-20(12-19)31-23(36)21-11-18(14-34-9-4-5-10-34)15-35(24(21)37)16-26(27,28)29/h6-8,11-12,15,17H,4-5,9-10,13-14,16H2,1-3H3,(H,31,36). The van der Waals surface area contributed by atoms with E-state index in [1.807, 2.05) is 31.5 Å². The summed E-state index contributed by atoms with van der Waals surface area (Å²) >= 11 is 0. The molecule has 0 saturated carbocycles. The first-order valence-corrected chi connectivity index (χ1v) is 12.2. The number of anilines is 1. The van der Waals surface area contributed by atoms with Crippen molar-refractivity contribution in [3.05, 3.63) is 75.7 Å². The average molecular weight is 517 g/mol. The van der Waals surface area contributed by atoms with Gasteiger partial charge in [0.05, 0.1) is 0 Å². The van der Waals surface area contributed by atoms with E-state index in [1.165, 1.54) is 12.3 Å². The summed E-state index contributed by atoms with van der Waals surface area (Å²) in [6.07, 6.45) is 0.873. The minimum atomic E-state index is -4.59. The van der Waals surface area contributed by atoms with Crippen molar-refractivity contribution in [1.29, 1.82) is 0 Å². The molecule has 3 aromatic rings. The summed E-state index contributed by atoms with van der Waals surface area (Å²) in [6, 6.07) is 8.61. The lowest BCUT2D eigenvalue weighted by Gasteiger charge is -2.25. The third-order valence-corrected chi connectivity index (χ3v) is 6.65. The van der Waals surface area contributed by atoms with Crippen molar-refractivity contribution < 1.29 is 18.0 Å². The van der Waals surface area contributed by atoms with E-state index >= 15 is 0 Å². The van der Waals surface area contributed by atoms with Gasteiger partial charge in [0.1, 0.15) is 24.3 Å². The van der Waals surface area contributed by atoms with Gasteiger partial charge in [-0.15, -0.1) is 10.2 Å². The number of carbonyl (C=O) groups is 1. The number of benzene rings is 1. The Labute approximate surface area is 213 Å². The van der Waals surface area contributed by atoms with Crippen LogP contribution in [-0.2, 0) is 32.0 Å². The van der Waals surface area contributed by atoms with Gasteiger partial charge < -0.3 is 14.5 Å². The molecule has 1 aliphatic rings. The highest BCUT2D eigenvalue weighted by atomic mass is 19.4. The van der Waals surface area contributed by atoms with Crippen LogP contribution in [0.1, 0.15) is 54.0 Å². The number of nitrogens with one attached hydrogen (secondary N) is 1. The third kappa shape index (κ3) is 6.65. The molecule has 1 aromatic carbocycles. The van der Waals surface area contributed by atoms with E-state index in [4.69, 9.17) is 0 Å². The van der Waals surface area contributed by atoms with Gasteiger partial charge in [0.25, 0.3) is 11.5 Å². The fraction of sp³-hybridized carbons (Fsp3) is 0.462. The maximum absolute atomic E-state index is 13.2. The zero-order valence-corrected chi connectivity index (χ0v) is 21.2. The Balaban J connectivity index is 1.60. The number of likely N-dealkylation sites (tertiary alicyclic amines) is 1. The van der Waals surface area contributed by atoms with E-state index in [0.717, 1.165) is 37.3 Å². The van der Waals surface area contributed by atoms with Crippen molar-refractivity contribution in [2.24, 2.45) is 7.05 Å². The minimum Gasteiger partial charge on any atom is -0.322 e. The van der Waals surface area contributed by atoms with Gasteiger partial charge >= 0.3 is 6.18 Å². The lowest BCUT2D eigenvalue weighted by atomic mass is 9.81. The van der Waals surface area contributed by atoms with Gasteiger partial charge in [0.15, 0.2) is 0 Å². The Morgan fingerprint density at radius 2 is 1.86 bits per heavy atom. The number of aromatic nitrogens is 4. The maximum atomic E-state index is 13.2. The summed E-state index contributed by atoms with van der Waals surface area (Å²) < 4.78 is 41.9. The van der Waals surface area contributed by atoms with E-state index in [2.05, 4.69) is 20.4 Å². The van der Waals surface area contributed by atoms with Gasteiger partial charge in [-0.2, -0.15) is 13.2 Å². The first kappa shape index (κ1) is 26.6. The highest BCUT2D eigenvalue weighted by Gasteiger charge is 2.30. The molecule has 0 spiro atoms. The summed E-state index contributed by atoms with van der Waals surface area (Å²) in [5.41, 5.74) is 0.222. The Hall–Kier alpha value is -3.47. The molecule has 0 unspecified atom stereocenters. The van der Waals surface area contributed by atoms with Crippen LogP contribution in [0.5, 0.6) is 0 Å². The molecule has 1 amide bonds. The fourth-order valence-electron chi connectivity index (χ4n) is 4.64. The zero-order valence-electron chi connectivity index (χ0n) is 21.2. The highest BCUT2D eigenvalue weighted by molar-refractivity contribution is 6.04. The summed E-state index contributed by atoms with van der Waals surface area (Å²) in [6.45, 7) is 4.67. The summed E-state index contributed by atoms with van der Waals surface area (Å²) in [4.78, 5) is 28.1. The number of pyridine rings is 1. The normalized spacial score (nSPS) is 14.8. The molecule has 0 atom stereocenters. The largest absolute Gasteiger partial charge is 0.406 e. The topological polar surface area (TPSA) is 85.1 Å². The van der Waals surface area contributed by atoms with Gasteiger partial charge in [-0.25, -0.2) is 0 Å². The number of carbonyl (C=O) groups excluding carboxylic acids is 1. The number of hydrogen-bond acceptors (Lipinski definition) is 5. The second-order valence-electron chi connectivity index (χ2n) is 10.2. The summed E-state index contributed by atoms with van der Waals surface area (Å²) in [7, 11) is 1.87. The summed E-state index contributed by atoms with van der Waals surface area (Å²) in [5, 5.41) is 10.8.